The zero-order chi connectivity index (χ0) is 8.31. The van der Waals surface area contributed by atoms with Crippen LogP contribution in [0.1, 0.15) is 20.8 Å². The zero-order valence-corrected chi connectivity index (χ0v) is 7.79. The van der Waals surface area contributed by atoms with E-state index >= 15 is 0 Å². The molecule has 0 atom stereocenters. The van der Waals surface area contributed by atoms with Crippen molar-refractivity contribution in [1.29, 1.82) is 10.8 Å². The first kappa shape index (κ1) is 13.1. The maximum Gasteiger partial charge on any atom is 0.144 e. The number of carbonyl (C=O) groups is 1. The summed E-state index contributed by atoms with van der Waals surface area (Å²) in [5.74, 6) is -0.708. The molecule has 0 fully saturated rings. The van der Waals surface area contributed by atoms with Gasteiger partial charge in [-0.25, -0.2) is 0 Å². The molecule has 0 aromatic carbocycles. The summed E-state index contributed by atoms with van der Waals surface area (Å²) >= 11 is 0. The van der Waals surface area contributed by atoms with Crippen LogP contribution in [0.2, 0.25) is 0 Å². The van der Waals surface area contributed by atoms with E-state index in [0.717, 1.165) is 0 Å². The zero-order valence-electron chi connectivity index (χ0n) is 6.80. The van der Waals surface area contributed by atoms with Crippen molar-refractivity contribution < 1.29 is 21.3 Å². The van der Waals surface area contributed by atoms with Crippen molar-refractivity contribution >= 4 is 17.2 Å². The molecule has 66 valence electrons. The third-order valence-electron chi connectivity index (χ3n) is 1.27. The molecule has 0 rings (SSSR count). The van der Waals surface area contributed by atoms with Crippen molar-refractivity contribution in [2.24, 2.45) is 5.92 Å². The quantitative estimate of drug-likeness (QED) is 0.521. The Morgan fingerprint density at radius 1 is 1.09 bits per heavy atom. The van der Waals surface area contributed by atoms with Crippen LogP contribution in [0.15, 0.2) is 0 Å². The normalized spacial score (nSPS) is 11.2. The van der Waals surface area contributed by atoms with Crippen LogP contribution in [0.3, 0.4) is 0 Å². The summed E-state index contributed by atoms with van der Waals surface area (Å²) in [7, 11) is 0. The second kappa shape index (κ2) is 5.19. The van der Waals surface area contributed by atoms with E-state index in [-0.39, 0.29) is 33.7 Å². The standard InChI is InChI=1S/C7H12N2O.Ni/c1-4(8)7(5(2)9)6(3)10;/h7-9H,1-3H3;. The minimum Gasteiger partial charge on any atom is -0.309 e. The Hall–Kier alpha value is -0.496. The number of nitrogens with one attached hydrogen (secondary N) is 2. The average molecular weight is 199 g/mol. The molecule has 0 radical (unpaired) electrons. The van der Waals surface area contributed by atoms with Gasteiger partial charge in [0.15, 0.2) is 0 Å². The van der Waals surface area contributed by atoms with Crippen LogP contribution < -0.4 is 0 Å². The number of Topliss-reactive ketones (excluding diaryl/α,β-unsaturated/α-hetero) is 1. The summed E-state index contributed by atoms with van der Waals surface area (Å²) in [6, 6.07) is 0. The molecule has 2 N–H and O–H groups in total. The van der Waals surface area contributed by atoms with Gasteiger partial charge in [-0.05, 0) is 20.8 Å². The number of ketones is 1. The predicted molar refractivity (Wildman–Crippen MR) is 41.0 cm³/mol. The molecule has 0 aliphatic rings. The van der Waals surface area contributed by atoms with E-state index in [9.17, 15) is 4.79 Å². The second-order valence-electron chi connectivity index (χ2n) is 2.41. The molecule has 0 aromatic rings. The Bertz CT molecular complexity index is 156. The predicted octanol–water partition coefficient (Wildman–Crippen LogP) is 1.27. The molecule has 0 aromatic heterocycles. The fraction of sp³-hybridized carbons (Fsp3) is 0.571. The fourth-order valence-electron chi connectivity index (χ4n) is 0.935. The maximum atomic E-state index is 10.7. The summed E-state index contributed by atoms with van der Waals surface area (Å²) in [6.07, 6.45) is 0. The molecule has 3 nitrogen and oxygen atoms in total. The van der Waals surface area contributed by atoms with E-state index < -0.39 is 5.92 Å². The van der Waals surface area contributed by atoms with E-state index in [0.29, 0.717) is 0 Å². The summed E-state index contributed by atoms with van der Waals surface area (Å²) in [6.45, 7) is 4.49. The van der Waals surface area contributed by atoms with Crippen LogP contribution >= 0.6 is 0 Å². The molecular formula is C7H12N2NiO. The van der Waals surface area contributed by atoms with Crippen molar-refractivity contribution in [2.75, 3.05) is 0 Å². The van der Waals surface area contributed by atoms with E-state index in [1.54, 1.807) is 13.8 Å². The van der Waals surface area contributed by atoms with Crippen LogP contribution in [0, 0.1) is 16.7 Å². The molecule has 0 unspecified atom stereocenters. The molecule has 0 saturated heterocycles. The molecule has 0 amide bonds. The third-order valence-corrected chi connectivity index (χ3v) is 1.27. The van der Waals surface area contributed by atoms with Crippen LogP contribution in [-0.2, 0) is 21.3 Å². The smallest absolute Gasteiger partial charge is 0.144 e. The van der Waals surface area contributed by atoms with Crippen molar-refractivity contribution in [1.82, 2.24) is 0 Å². The van der Waals surface area contributed by atoms with Gasteiger partial charge in [-0.3, -0.25) is 4.79 Å². The van der Waals surface area contributed by atoms with Gasteiger partial charge in [0.2, 0.25) is 0 Å². The van der Waals surface area contributed by atoms with Crippen molar-refractivity contribution in [3.8, 4) is 0 Å². The molecule has 0 aliphatic carbocycles. The van der Waals surface area contributed by atoms with Gasteiger partial charge in [-0.15, -0.1) is 0 Å². The minimum absolute atomic E-state index is 0. The fourth-order valence-corrected chi connectivity index (χ4v) is 0.935. The van der Waals surface area contributed by atoms with Crippen molar-refractivity contribution in [3.63, 3.8) is 0 Å². The van der Waals surface area contributed by atoms with Gasteiger partial charge in [0.05, 0.1) is 5.92 Å². The maximum absolute atomic E-state index is 10.7. The number of rotatable bonds is 3. The molecule has 0 heterocycles. The molecule has 0 aliphatic heterocycles. The van der Waals surface area contributed by atoms with Gasteiger partial charge in [-0.2, -0.15) is 0 Å². The first-order chi connectivity index (χ1) is 4.46. The first-order valence-electron chi connectivity index (χ1n) is 3.07. The topological polar surface area (TPSA) is 64.8 Å². The summed E-state index contributed by atoms with van der Waals surface area (Å²) in [5, 5.41) is 14.3. The van der Waals surface area contributed by atoms with E-state index in [2.05, 4.69) is 0 Å². The molecule has 0 spiro atoms. The largest absolute Gasteiger partial charge is 0.309 e. The molecule has 0 bridgehead atoms. The van der Waals surface area contributed by atoms with Gasteiger partial charge < -0.3 is 10.8 Å². The van der Waals surface area contributed by atoms with Crippen molar-refractivity contribution in [3.05, 3.63) is 0 Å². The Balaban J connectivity index is 0. The van der Waals surface area contributed by atoms with Crippen LogP contribution in [0.5, 0.6) is 0 Å². The monoisotopic (exact) mass is 198 g/mol. The Morgan fingerprint density at radius 2 is 1.36 bits per heavy atom. The van der Waals surface area contributed by atoms with Gasteiger partial charge in [0, 0.05) is 27.9 Å². The Kier molecular flexibility index (Phi) is 6.19. The summed E-state index contributed by atoms with van der Waals surface area (Å²) in [4.78, 5) is 10.7. The van der Waals surface area contributed by atoms with Crippen LogP contribution in [0.25, 0.3) is 0 Å². The number of hydrogen-bond donors (Lipinski definition) is 2. The van der Waals surface area contributed by atoms with Gasteiger partial charge >= 0.3 is 0 Å². The summed E-state index contributed by atoms with van der Waals surface area (Å²) in [5.41, 5.74) is 0.500. The minimum atomic E-state index is -0.583. The molecule has 11 heavy (non-hydrogen) atoms. The van der Waals surface area contributed by atoms with Gasteiger partial charge in [-0.1, -0.05) is 0 Å². The first-order valence-corrected chi connectivity index (χ1v) is 3.07. The van der Waals surface area contributed by atoms with Crippen LogP contribution in [0.4, 0.5) is 0 Å². The molecular weight excluding hydrogens is 187 g/mol. The van der Waals surface area contributed by atoms with E-state index in [4.69, 9.17) is 10.8 Å². The van der Waals surface area contributed by atoms with Gasteiger partial charge in [0.1, 0.15) is 5.78 Å². The Morgan fingerprint density at radius 3 is 1.36 bits per heavy atom. The molecule has 4 heteroatoms. The van der Waals surface area contributed by atoms with Crippen LogP contribution in [-0.4, -0.2) is 17.2 Å². The Labute approximate surface area is 76.5 Å². The van der Waals surface area contributed by atoms with Gasteiger partial charge in [0.25, 0.3) is 0 Å². The number of hydrogen-bond acceptors (Lipinski definition) is 3. The van der Waals surface area contributed by atoms with Crippen molar-refractivity contribution in [2.45, 2.75) is 20.8 Å². The SMILES string of the molecule is CC(=N)C(C(C)=N)C(C)=O.[Ni]. The number of carbonyl (C=O) groups excluding carboxylic acids is 1. The van der Waals surface area contributed by atoms with E-state index in [1.807, 2.05) is 0 Å². The molecule has 0 saturated carbocycles. The average Bonchev–Trinajstić information content (AvgIpc) is 1.59. The second-order valence-corrected chi connectivity index (χ2v) is 2.41. The van der Waals surface area contributed by atoms with E-state index in [1.165, 1.54) is 6.92 Å². The third kappa shape index (κ3) is 4.04. The summed E-state index contributed by atoms with van der Waals surface area (Å²) < 4.78 is 0.